The molecule has 1 heterocycles. The molecule has 0 aliphatic carbocycles. The number of amides is 2. The molecule has 1 aliphatic rings. The van der Waals surface area contributed by atoms with Gasteiger partial charge in [0.25, 0.3) is 0 Å². The largest absolute Gasteiger partial charge is 0.366 e. The minimum Gasteiger partial charge on any atom is -0.366 e. The number of nitrogens with one attached hydrogen (secondary N) is 1. The molecular formula is C23H28FN3O2. The Hall–Kier alpha value is -2.89. The zero-order valence-electron chi connectivity index (χ0n) is 17.2. The molecule has 0 saturated carbocycles. The number of nitrogens with zero attached hydrogens (tertiary/aromatic N) is 2. The second-order valence-corrected chi connectivity index (χ2v) is 8.37. The molecule has 1 fully saturated rings. The van der Waals surface area contributed by atoms with Crippen LogP contribution in [0.5, 0.6) is 0 Å². The molecule has 2 aromatic rings. The second kappa shape index (κ2) is 8.64. The number of benzene rings is 2. The quantitative estimate of drug-likeness (QED) is 0.799. The number of carbonyl (C=O) groups excluding carboxylic acids is 2. The summed E-state index contributed by atoms with van der Waals surface area (Å²) < 4.78 is 13.9. The molecule has 5 nitrogen and oxygen atoms in total. The molecule has 1 N–H and O–H groups in total. The normalized spacial score (nSPS) is 14.6. The summed E-state index contributed by atoms with van der Waals surface area (Å²) in [5, 5.41) is 2.79. The molecule has 1 saturated heterocycles. The van der Waals surface area contributed by atoms with E-state index in [1.54, 1.807) is 23.1 Å². The number of rotatable bonds is 4. The number of hydrogen-bond acceptors (Lipinski definition) is 3. The molecular weight excluding hydrogens is 369 g/mol. The molecule has 3 rings (SSSR count). The summed E-state index contributed by atoms with van der Waals surface area (Å²) in [5.41, 5.74) is 2.46. The van der Waals surface area contributed by atoms with Crippen LogP contribution in [0, 0.1) is 5.82 Å². The van der Waals surface area contributed by atoms with Crippen molar-refractivity contribution in [2.45, 2.75) is 32.6 Å². The summed E-state index contributed by atoms with van der Waals surface area (Å²) in [4.78, 5) is 28.3. The molecule has 2 aromatic carbocycles. The smallest absolute Gasteiger partial charge is 0.233 e. The third kappa shape index (κ3) is 5.34. The number of hydrogen-bond donors (Lipinski definition) is 1. The van der Waals surface area contributed by atoms with E-state index in [0.717, 1.165) is 0 Å². The molecule has 6 heteroatoms. The number of halogens is 1. The van der Waals surface area contributed by atoms with E-state index >= 15 is 0 Å². The van der Waals surface area contributed by atoms with Gasteiger partial charge >= 0.3 is 0 Å². The molecule has 0 unspecified atom stereocenters. The fraction of sp³-hybridized carbons (Fsp3) is 0.391. The van der Waals surface area contributed by atoms with E-state index in [2.05, 4.69) is 26.1 Å². The summed E-state index contributed by atoms with van der Waals surface area (Å²) in [7, 11) is 0. The van der Waals surface area contributed by atoms with Gasteiger partial charge in [0.2, 0.25) is 11.8 Å². The van der Waals surface area contributed by atoms with Crippen molar-refractivity contribution in [1.82, 2.24) is 4.90 Å². The summed E-state index contributed by atoms with van der Waals surface area (Å²) in [6.45, 7) is 8.42. The van der Waals surface area contributed by atoms with E-state index in [0.29, 0.717) is 37.6 Å². The van der Waals surface area contributed by atoms with Gasteiger partial charge in [-0.1, -0.05) is 45.0 Å². The molecule has 0 aromatic heterocycles. The highest BCUT2D eigenvalue weighted by molar-refractivity contribution is 6.03. The molecule has 1 aliphatic heterocycles. The summed E-state index contributed by atoms with van der Waals surface area (Å²) in [6.07, 6.45) is -0.194. The van der Waals surface area contributed by atoms with Crippen LogP contribution >= 0.6 is 0 Å². The number of piperazine rings is 1. The highest BCUT2D eigenvalue weighted by atomic mass is 19.1. The lowest BCUT2D eigenvalue weighted by Crippen LogP contribution is -2.49. The van der Waals surface area contributed by atoms with Gasteiger partial charge in [0.15, 0.2) is 0 Å². The second-order valence-electron chi connectivity index (χ2n) is 8.37. The highest BCUT2D eigenvalue weighted by Gasteiger charge is 2.24. The van der Waals surface area contributed by atoms with Crippen LogP contribution in [0.2, 0.25) is 0 Å². The van der Waals surface area contributed by atoms with Gasteiger partial charge in [0.05, 0.1) is 5.69 Å². The van der Waals surface area contributed by atoms with Gasteiger partial charge in [-0.05, 0) is 35.2 Å². The predicted octanol–water partition coefficient (Wildman–Crippen LogP) is 3.80. The van der Waals surface area contributed by atoms with Crippen molar-refractivity contribution < 1.29 is 14.0 Å². The Kier molecular flexibility index (Phi) is 6.20. The van der Waals surface area contributed by atoms with Crippen LogP contribution in [0.15, 0.2) is 48.5 Å². The summed E-state index contributed by atoms with van der Waals surface area (Å²) in [5.74, 6) is -0.791. The molecule has 0 atom stereocenters. The first-order valence-corrected chi connectivity index (χ1v) is 9.92. The van der Waals surface area contributed by atoms with Gasteiger partial charge in [-0.15, -0.1) is 0 Å². The van der Waals surface area contributed by atoms with E-state index in [9.17, 15) is 14.0 Å². The maximum atomic E-state index is 13.9. The van der Waals surface area contributed by atoms with E-state index in [1.165, 1.54) is 11.6 Å². The van der Waals surface area contributed by atoms with E-state index in [4.69, 9.17) is 0 Å². The average molecular weight is 397 g/mol. The number of carbonyl (C=O) groups is 2. The highest BCUT2D eigenvalue weighted by Crippen LogP contribution is 2.24. The first kappa shape index (κ1) is 20.8. The molecule has 0 spiro atoms. The Bertz CT molecular complexity index is 866. The standard InChI is InChI=1S/C23H28FN3O2/c1-23(2,3)17-8-10-18(11-9-17)25-21(28)16-22(29)27-14-12-26(13-15-27)20-7-5-4-6-19(20)24/h4-11H,12-16H2,1-3H3,(H,25,28). The maximum Gasteiger partial charge on any atom is 0.233 e. The van der Waals surface area contributed by atoms with Crippen molar-refractivity contribution in [3.05, 3.63) is 59.9 Å². The van der Waals surface area contributed by atoms with Crippen molar-refractivity contribution >= 4 is 23.2 Å². The fourth-order valence-corrected chi connectivity index (χ4v) is 3.41. The average Bonchev–Trinajstić information content (AvgIpc) is 2.68. The monoisotopic (exact) mass is 397 g/mol. The lowest BCUT2D eigenvalue weighted by Gasteiger charge is -2.36. The molecule has 2 amide bonds. The SMILES string of the molecule is CC(C)(C)c1ccc(NC(=O)CC(=O)N2CCN(c3ccccc3F)CC2)cc1. The van der Waals surface area contributed by atoms with Gasteiger partial charge in [-0.2, -0.15) is 0 Å². The van der Waals surface area contributed by atoms with Crippen LogP contribution < -0.4 is 10.2 Å². The Labute approximate surface area is 171 Å². The zero-order chi connectivity index (χ0) is 21.0. The minimum absolute atomic E-state index is 0.0450. The van der Waals surface area contributed by atoms with Crippen molar-refractivity contribution in [3.8, 4) is 0 Å². The molecule has 0 bridgehead atoms. The molecule has 0 radical (unpaired) electrons. The van der Waals surface area contributed by atoms with Crippen LogP contribution in [0.25, 0.3) is 0 Å². The van der Waals surface area contributed by atoms with Gasteiger partial charge < -0.3 is 15.1 Å². The lowest BCUT2D eigenvalue weighted by molar-refractivity contribution is -0.134. The maximum absolute atomic E-state index is 13.9. The Morgan fingerprint density at radius 2 is 1.59 bits per heavy atom. The third-order valence-corrected chi connectivity index (χ3v) is 5.17. The van der Waals surface area contributed by atoms with E-state index in [1.807, 2.05) is 29.2 Å². The van der Waals surface area contributed by atoms with Crippen LogP contribution in [-0.2, 0) is 15.0 Å². The minimum atomic E-state index is -0.324. The Morgan fingerprint density at radius 3 is 2.17 bits per heavy atom. The third-order valence-electron chi connectivity index (χ3n) is 5.17. The predicted molar refractivity (Wildman–Crippen MR) is 114 cm³/mol. The van der Waals surface area contributed by atoms with Crippen LogP contribution in [0.4, 0.5) is 15.8 Å². The van der Waals surface area contributed by atoms with E-state index < -0.39 is 0 Å². The topological polar surface area (TPSA) is 52.7 Å². The molecule has 154 valence electrons. The fourth-order valence-electron chi connectivity index (χ4n) is 3.41. The van der Waals surface area contributed by atoms with Crippen molar-refractivity contribution in [2.75, 3.05) is 36.4 Å². The van der Waals surface area contributed by atoms with Crippen LogP contribution in [0.3, 0.4) is 0 Å². The first-order chi connectivity index (χ1) is 13.7. The molecule has 29 heavy (non-hydrogen) atoms. The van der Waals surface area contributed by atoms with Gasteiger partial charge in [0, 0.05) is 31.9 Å². The van der Waals surface area contributed by atoms with Crippen LogP contribution in [0.1, 0.15) is 32.8 Å². The first-order valence-electron chi connectivity index (χ1n) is 9.92. The lowest BCUT2D eigenvalue weighted by atomic mass is 9.87. The van der Waals surface area contributed by atoms with Crippen LogP contribution in [-0.4, -0.2) is 42.9 Å². The van der Waals surface area contributed by atoms with Gasteiger partial charge in [0.1, 0.15) is 12.2 Å². The van der Waals surface area contributed by atoms with E-state index in [-0.39, 0.29) is 29.5 Å². The number of para-hydroxylation sites is 1. The Morgan fingerprint density at radius 1 is 0.966 bits per heavy atom. The van der Waals surface area contributed by atoms with Crippen molar-refractivity contribution in [2.24, 2.45) is 0 Å². The summed E-state index contributed by atoms with van der Waals surface area (Å²) >= 11 is 0. The van der Waals surface area contributed by atoms with Gasteiger partial charge in [-0.3, -0.25) is 9.59 Å². The van der Waals surface area contributed by atoms with Crippen molar-refractivity contribution in [1.29, 1.82) is 0 Å². The summed E-state index contributed by atoms with van der Waals surface area (Å²) in [6, 6.07) is 14.3. The van der Waals surface area contributed by atoms with Gasteiger partial charge in [-0.25, -0.2) is 4.39 Å². The van der Waals surface area contributed by atoms with Crippen molar-refractivity contribution in [3.63, 3.8) is 0 Å². The Balaban J connectivity index is 1.49. The zero-order valence-corrected chi connectivity index (χ0v) is 17.2. The number of anilines is 2.